The van der Waals surface area contributed by atoms with E-state index in [1.165, 1.54) is 26.2 Å². The van der Waals surface area contributed by atoms with Crippen LogP contribution in [0.5, 0.6) is 0 Å². The highest BCUT2D eigenvalue weighted by Crippen LogP contribution is 2.29. The summed E-state index contributed by atoms with van der Waals surface area (Å²) in [6, 6.07) is 19.5. The molecule has 0 bridgehead atoms. The van der Waals surface area contributed by atoms with Gasteiger partial charge in [-0.1, -0.05) is 36.4 Å². The molecule has 2 N–H and O–H groups in total. The minimum atomic E-state index is -0.574. The van der Waals surface area contributed by atoms with E-state index in [-0.39, 0.29) is 17.5 Å². The molecule has 0 saturated carbocycles. The van der Waals surface area contributed by atoms with Crippen molar-refractivity contribution in [3.8, 4) is 0 Å². The van der Waals surface area contributed by atoms with E-state index in [1.54, 1.807) is 10.6 Å². The molecule has 0 unspecified atom stereocenters. The van der Waals surface area contributed by atoms with Crippen molar-refractivity contribution < 1.29 is 19.1 Å². The number of carbonyl (C=O) groups is 3. The summed E-state index contributed by atoms with van der Waals surface area (Å²) in [5, 5.41) is 7.38. The van der Waals surface area contributed by atoms with Gasteiger partial charge in [0.05, 0.1) is 23.7 Å². The number of hydrogen-bond donors (Lipinski definition) is 2. The van der Waals surface area contributed by atoms with Crippen LogP contribution in [-0.4, -0.2) is 29.6 Å². The second kappa shape index (κ2) is 7.71. The van der Waals surface area contributed by atoms with E-state index in [4.69, 9.17) is 4.74 Å². The third-order valence-corrected chi connectivity index (χ3v) is 4.71. The summed E-state index contributed by atoms with van der Waals surface area (Å²) < 4.78 is 6.37. The first-order valence-corrected chi connectivity index (χ1v) is 9.28. The van der Waals surface area contributed by atoms with Gasteiger partial charge in [-0.15, -0.1) is 0 Å². The van der Waals surface area contributed by atoms with Crippen LogP contribution in [0.1, 0.15) is 17.3 Å². The summed E-state index contributed by atoms with van der Waals surface area (Å²) in [6.07, 6.45) is 0. The summed E-state index contributed by atoms with van der Waals surface area (Å²) in [5.74, 6) is -0.869. The highest BCUT2D eigenvalue weighted by atomic mass is 16.5. The fraction of sp³-hybridized carbons (Fsp3) is 0.0870. The normalized spacial score (nSPS) is 10.7. The van der Waals surface area contributed by atoms with E-state index in [9.17, 15) is 14.4 Å². The zero-order valence-corrected chi connectivity index (χ0v) is 16.4. The fourth-order valence-corrected chi connectivity index (χ4v) is 3.53. The number of amides is 2. The molecule has 0 aliphatic carbocycles. The zero-order chi connectivity index (χ0) is 21.3. The van der Waals surface area contributed by atoms with Gasteiger partial charge in [-0.05, 0) is 30.3 Å². The molecule has 2 amide bonds. The average Bonchev–Trinajstić information content (AvgIpc) is 3.07. The largest absolute Gasteiger partial charge is 0.465 e. The number of methoxy groups -OCH3 is 1. The second-order valence-corrected chi connectivity index (χ2v) is 6.77. The molecule has 1 heterocycles. The van der Waals surface area contributed by atoms with Gasteiger partial charge in [0.25, 0.3) is 0 Å². The Balaban J connectivity index is 1.79. The molecule has 4 rings (SSSR count). The van der Waals surface area contributed by atoms with Gasteiger partial charge in [-0.2, -0.15) is 0 Å². The lowest BCUT2D eigenvalue weighted by Gasteiger charge is -2.12. The first-order chi connectivity index (χ1) is 14.5. The number of nitrogens with zero attached hydrogens (tertiary/aromatic N) is 1. The van der Waals surface area contributed by atoms with Gasteiger partial charge in [0, 0.05) is 29.1 Å². The van der Waals surface area contributed by atoms with E-state index >= 15 is 0 Å². The van der Waals surface area contributed by atoms with Crippen molar-refractivity contribution in [2.75, 3.05) is 17.7 Å². The van der Waals surface area contributed by atoms with Crippen LogP contribution in [0.4, 0.5) is 16.2 Å². The highest BCUT2D eigenvalue weighted by molar-refractivity contribution is 6.15. The summed E-state index contributed by atoms with van der Waals surface area (Å²) in [7, 11) is 1.27. The van der Waals surface area contributed by atoms with Crippen molar-refractivity contribution in [2.24, 2.45) is 0 Å². The van der Waals surface area contributed by atoms with Gasteiger partial charge in [-0.3, -0.25) is 9.36 Å². The molecule has 4 aromatic rings. The molecule has 0 saturated heterocycles. The smallest absolute Gasteiger partial charge is 0.337 e. The van der Waals surface area contributed by atoms with Crippen molar-refractivity contribution in [1.29, 1.82) is 0 Å². The van der Waals surface area contributed by atoms with Crippen LogP contribution >= 0.6 is 0 Å². The topological polar surface area (TPSA) is 89.4 Å². The van der Waals surface area contributed by atoms with E-state index < -0.39 is 5.97 Å². The van der Waals surface area contributed by atoms with Crippen molar-refractivity contribution in [2.45, 2.75) is 6.92 Å². The maximum atomic E-state index is 13.2. The molecular weight excluding hydrogens is 382 g/mol. The maximum absolute atomic E-state index is 13.2. The van der Waals surface area contributed by atoms with Gasteiger partial charge in [0.1, 0.15) is 0 Å². The van der Waals surface area contributed by atoms with Gasteiger partial charge in [0.2, 0.25) is 5.91 Å². The Morgan fingerprint density at radius 3 is 1.87 bits per heavy atom. The lowest BCUT2D eigenvalue weighted by atomic mass is 10.1. The van der Waals surface area contributed by atoms with Crippen LogP contribution in [0.15, 0.2) is 66.7 Å². The van der Waals surface area contributed by atoms with Crippen LogP contribution in [0, 0.1) is 0 Å². The molecule has 0 aliphatic rings. The number of anilines is 2. The second-order valence-electron chi connectivity index (χ2n) is 6.77. The standard InChI is InChI=1S/C23H19N3O4/c1-14(27)24-16-11-15(22(28)30-2)12-17(13-16)25-23(29)26-20-9-5-3-7-18(20)19-8-4-6-10-21(19)26/h3-13H,1-2H3,(H,24,27)(H,25,29). The van der Waals surface area contributed by atoms with Crippen LogP contribution in [0.2, 0.25) is 0 Å². The average molecular weight is 401 g/mol. The monoisotopic (exact) mass is 401 g/mol. The van der Waals surface area contributed by atoms with Gasteiger partial charge in [0.15, 0.2) is 0 Å². The van der Waals surface area contributed by atoms with E-state index in [1.807, 2.05) is 48.5 Å². The molecule has 0 aliphatic heterocycles. The number of hydrogen-bond acceptors (Lipinski definition) is 4. The van der Waals surface area contributed by atoms with Crippen LogP contribution < -0.4 is 10.6 Å². The lowest BCUT2D eigenvalue weighted by Crippen LogP contribution is -2.19. The summed E-state index contributed by atoms with van der Waals surface area (Å²) in [6.45, 7) is 1.36. The molecule has 0 atom stereocenters. The number of nitrogens with one attached hydrogen (secondary N) is 2. The predicted molar refractivity (Wildman–Crippen MR) is 116 cm³/mol. The van der Waals surface area contributed by atoms with Crippen LogP contribution in [0.25, 0.3) is 21.8 Å². The third kappa shape index (κ3) is 3.48. The summed E-state index contributed by atoms with van der Waals surface area (Å²) in [5.41, 5.74) is 2.47. The van der Waals surface area contributed by atoms with E-state index in [2.05, 4.69) is 10.6 Å². The third-order valence-electron chi connectivity index (χ3n) is 4.71. The van der Waals surface area contributed by atoms with E-state index in [0.717, 1.165) is 21.8 Å². The molecule has 30 heavy (non-hydrogen) atoms. The van der Waals surface area contributed by atoms with Gasteiger partial charge in [-0.25, -0.2) is 9.59 Å². The van der Waals surface area contributed by atoms with Crippen molar-refractivity contribution >= 4 is 51.1 Å². The van der Waals surface area contributed by atoms with Crippen molar-refractivity contribution in [3.63, 3.8) is 0 Å². The maximum Gasteiger partial charge on any atom is 0.337 e. The first-order valence-electron chi connectivity index (χ1n) is 9.28. The highest BCUT2D eigenvalue weighted by Gasteiger charge is 2.17. The van der Waals surface area contributed by atoms with Crippen LogP contribution in [0.3, 0.4) is 0 Å². The number of fused-ring (bicyclic) bond motifs is 3. The molecule has 0 radical (unpaired) electrons. The molecule has 150 valence electrons. The Hall–Kier alpha value is -4.13. The van der Waals surface area contributed by atoms with Crippen LogP contribution in [-0.2, 0) is 9.53 Å². The molecule has 7 nitrogen and oxygen atoms in total. The van der Waals surface area contributed by atoms with Crippen molar-refractivity contribution in [1.82, 2.24) is 4.57 Å². The Morgan fingerprint density at radius 1 is 0.800 bits per heavy atom. The number of aromatic nitrogens is 1. The summed E-state index contributed by atoms with van der Waals surface area (Å²) >= 11 is 0. The Morgan fingerprint density at radius 2 is 1.33 bits per heavy atom. The number of ether oxygens (including phenoxy) is 1. The number of carbonyl (C=O) groups excluding carboxylic acids is 3. The molecule has 0 fully saturated rings. The number of esters is 1. The quantitative estimate of drug-likeness (QED) is 0.490. The Kier molecular flexibility index (Phi) is 4.93. The predicted octanol–water partition coefficient (Wildman–Crippen LogP) is 4.62. The number of para-hydroxylation sites is 2. The molecule has 3 aromatic carbocycles. The first kappa shape index (κ1) is 19.2. The molecular formula is C23H19N3O4. The Labute approximate surface area is 172 Å². The minimum Gasteiger partial charge on any atom is -0.465 e. The number of rotatable bonds is 3. The minimum absolute atomic E-state index is 0.210. The number of benzene rings is 3. The molecule has 1 aromatic heterocycles. The van der Waals surface area contributed by atoms with Gasteiger partial charge < -0.3 is 15.4 Å². The lowest BCUT2D eigenvalue weighted by molar-refractivity contribution is -0.114. The van der Waals surface area contributed by atoms with E-state index in [0.29, 0.717) is 11.4 Å². The SMILES string of the molecule is COC(=O)c1cc(NC(C)=O)cc(NC(=O)n2c3ccccc3c3ccccc32)c1. The fourth-order valence-electron chi connectivity index (χ4n) is 3.53. The molecule has 7 heteroatoms. The molecule has 0 spiro atoms. The summed E-state index contributed by atoms with van der Waals surface area (Å²) in [4.78, 5) is 36.7. The zero-order valence-electron chi connectivity index (χ0n) is 16.4. The Bertz CT molecular complexity index is 1250. The van der Waals surface area contributed by atoms with Crippen molar-refractivity contribution in [3.05, 3.63) is 72.3 Å². The van der Waals surface area contributed by atoms with Gasteiger partial charge >= 0.3 is 12.0 Å².